The van der Waals surface area contributed by atoms with Gasteiger partial charge < -0.3 is 15.0 Å². The molecule has 1 amide bonds. The summed E-state index contributed by atoms with van der Waals surface area (Å²) >= 11 is 0. The number of hydrogen-bond donors (Lipinski definition) is 2. The van der Waals surface area contributed by atoms with Gasteiger partial charge in [0.1, 0.15) is 11.6 Å². The number of para-hydroxylation sites is 1. The second-order valence-corrected chi connectivity index (χ2v) is 6.51. The zero-order valence-electron chi connectivity index (χ0n) is 15.7. The van der Waals surface area contributed by atoms with Gasteiger partial charge in [-0.3, -0.25) is 9.59 Å². The number of benzene rings is 2. The van der Waals surface area contributed by atoms with E-state index in [0.717, 1.165) is 5.56 Å². The molecule has 3 aromatic rings. The number of ether oxygens (including phenoxy) is 1. The van der Waals surface area contributed by atoms with Crippen LogP contribution in [0, 0.1) is 0 Å². The van der Waals surface area contributed by atoms with Crippen LogP contribution in [0.4, 0.5) is 8.78 Å². The number of carbonyl (C=O) groups is 1. The van der Waals surface area contributed by atoms with E-state index in [0.29, 0.717) is 49.0 Å². The number of nitrogens with one attached hydrogen (secondary N) is 2. The lowest BCUT2D eigenvalue weighted by Gasteiger charge is -2.07. The number of H-pyrrole nitrogens is 1. The molecule has 0 saturated heterocycles. The lowest BCUT2D eigenvalue weighted by molar-refractivity contribution is -0.121. The van der Waals surface area contributed by atoms with Gasteiger partial charge in [0.2, 0.25) is 5.91 Å². The highest BCUT2D eigenvalue weighted by Gasteiger charge is 2.06. The van der Waals surface area contributed by atoms with Crippen LogP contribution in [-0.2, 0) is 17.6 Å². The van der Waals surface area contributed by atoms with Crippen molar-refractivity contribution in [3.05, 3.63) is 70.3 Å². The maximum atomic E-state index is 12.1. The smallest absolute Gasteiger partial charge is 0.387 e. The number of aromatic nitrogens is 2. The minimum Gasteiger partial charge on any atom is -0.435 e. The molecule has 0 unspecified atom stereocenters. The first kappa shape index (κ1) is 20.4. The Bertz CT molecular complexity index is 1020. The Balaban J connectivity index is 1.40. The fourth-order valence-corrected chi connectivity index (χ4v) is 2.94. The number of carbonyl (C=O) groups excluding carboxylic acids is 1. The first-order valence-electron chi connectivity index (χ1n) is 9.29. The van der Waals surface area contributed by atoms with Crippen LogP contribution in [0.3, 0.4) is 0 Å². The van der Waals surface area contributed by atoms with Crippen LogP contribution in [-0.4, -0.2) is 29.0 Å². The topological polar surface area (TPSA) is 84.1 Å². The van der Waals surface area contributed by atoms with E-state index < -0.39 is 6.61 Å². The van der Waals surface area contributed by atoms with Gasteiger partial charge in [-0.05, 0) is 42.7 Å². The molecule has 2 aromatic carbocycles. The first-order valence-corrected chi connectivity index (χ1v) is 9.29. The quantitative estimate of drug-likeness (QED) is 0.577. The minimum atomic E-state index is -2.84. The van der Waals surface area contributed by atoms with Gasteiger partial charge in [-0.25, -0.2) is 4.98 Å². The van der Waals surface area contributed by atoms with Crippen molar-refractivity contribution in [3.8, 4) is 5.75 Å². The Morgan fingerprint density at radius 2 is 1.86 bits per heavy atom. The fraction of sp³-hybridized carbons (Fsp3) is 0.286. The monoisotopic (exact) mass is 401 g/mol. The SMILES string of the molecule is O=C(CCCc1nc2ccccc2c(=O)[nH]1)NCCc1ccc(OC(F)F)cc1. The second-order valence-electron chi connectivity index (χ2n) is 6.51. The Kier molecular flexibility index (Phi) is 6.89. The summed E-state index contributed by atoms with van der Waals surface area (Å²) in [6.07, 6.45) is 1.96. The van der Waals surface area contributed by atoms with Crippen molar-refractivity contribution in [1.29, 1.82) is 0 Å². The van der Waals surface area contributed by atoms with Crippen LogP contribution in [0.5, 0.6) is 5.75 Å². The Labute approximate surface area is 165 Å². The van der Waals surface area contributed by atoms with Gasteiger partial charge >= 0.3 is 6.61 Å². The number of halogens is 2. The summed E-state index contributed by atoms with van der Waals surface area (Å²) in [5.74, 6) is 0.575. The molecule has 2 N–H and O–H groups in total. The zero-order valence-corrected chi connectivity index (χ0v) is 15.7. The van der Waals surface area contributed by atoms with Gasteiger partial charge in [-0.1, -0.05) is 24.3 Å². The van der Waals surface area contributed by atoms with Crippen LogP contribution in [0.1, 0.15) is 24.2 Å². The number of nitrogens with zero attached hydrogens (tertiary/aromatic N) is 1. The van der Waals surface area contributed by atoms with Crippen molar-refractivity contribution < 1.29 is 18.3 Å². The lowest BCUT2D eigenvalue weighted by Crippen LogP contribution is -2.25. The summed E-state index contributed by atoms with van der Waals surface area (Å²) in [6, 6.07) is 13.4. The summed E-state index contributed by atoms with van der Waals surface area (Å²) in [7, 11) is 0. The molecule has 0 aliphatic rings. The fourth-order valence-electron chi connectivity index (χ4n) is 2.94. The number of fused-ring (bicyclic) bond motifs is 1. The highest BCUT2D eigenvalue weighted by molar-refractivity contribution is 5.77. The van der Waals surface area contributed by atoms with E-state index in [1.54, 1.807) is 30.3 Å². The van der Waals surface area contributed by atoms with Gasteiger partial charge in [-0.2, -0.15) is 8.78 Å². The number of amides is 1. The van der Waals surface area contributed by atoms with E-state index in [2.05, 4.69) is 20.0 Å². The molecule has 6 nitrogen and oxygen atoms in total. The molecule has 0 atom stereocenters. The lowest BCUT2D eigenvalue weighted by atomic mass is 10.1. The third-order valence-electron chi connectivity index (χ3n) is 4.36. The highest BCUT2D eigenvalue weighted by atomic mass is 19.3. The molecule has 0 aliphatic heterocycles. The van der Waals surface area contributed by atoms with Crippen molar-refractivity contribution in [2.24, 2.45) is 0 Å². The third kappa shape index (κ3) is 6.10. The predicted molar refractivity (Wildman–Crippen MR) is 105 cm³/mol. The van der Waals surface area contributed by atoms with Crippen molar-refractivity contribution in [3.63, 3.8) is 0 Å². The van der Waals surface area contributed by atoms with E-state index in [-0.39, 0.29) is 17.2 Å². The van der Waals surface area contributed by atoms with Crippen molar-refractivity contribution in [2.75, 3.05) is 6.54 Å². The van der Waals surface area contributed by atoms with Gasteiger partial charge in [0, 0.05) is 19.4 Å². The summed E-state index contributed by atoms with van der Waals surface area (Å²) in [4.78, 5) is 31.2. The van der Waals surface area contributed by atoms with Gasteiger partial charge in [-0.15, -0.1) is 0 Å². The second kappa shape index (κ2) is 9.77. The van der Waals surface area contributed by atoms with Crippen molar-refractivity contribution >= 4 is 16.8 Å². The van der Waals surface area contributed by atoms with Crippen LogP contribution in [0.25, 0.3) is 10.9 Å². The van der Waals surface area contributed by atoms with E-state index in [9.17, 15) is 18.4 Å². The van der Waals surface area contributed by atoms with Crippen molar-refractivity contribution in [1.82, 2.24) is 15.3 Å². The van der Waals surface area contributed by atoms with E-state index in [4.69, 9.17) is 0 Å². The molecular formula is C21H21F2N3O3. The predicted octanol–water partition coefficient (Wildman–Crippen LogP) is 3.21. The van der Waals surface area contributed by atoms with Crippen LogP contribution < -0.4 is 15.6 Å². The maximum absolute atomic E-state index is 12.1. The van der Waals surface area contributed by atoms with Crippen molar-refractivity contribution in [2.45, 2.75) is 32.3 Å². The normalized spacial score (nSPS) is 11.0. The Hall–Kier alpha value is -3.29. The molecule has 0 aliphatic carbocycles. The first-order chi connectivity index (χ1) is 14.0. The number of aromatic amines is 1. The third-order valence-corrected chi connectivity index (χ3v) is 4.36. The average molecular weight is 401 g/mol. The molecule has 152 valence electrons. The molecule has 0 spiro atoms. The summed E-state index contributed by atoms with van der Waals surface area (Å²) in [5.41, 5.74) is 1.37. The Morgan fingerprint density at radius 1 is 1.10 bits per heavy atom. The molecule has 8 heteroatoms. The molecule has 1 heterocycles. The largest absolute Gasteiger partial charge is 0.435 e. The molecule has 0 fully saturated rings. The summed E-state index contributed by atoms with van der Waals surface area (Å²) in [5, 5.41) is 3.37. The van der Waals surface area contributed by atoms with Crippen LogP contribution >= 0.6 is 0 Å². The van der Waals surface area contributed by atoms with Gasteiger partial charge in [0.25, 0.3) is 5.56 Å². The standard InChI is InChI=1S/C21H21F2N3O3/c22-21(23)29-15-10-8-14(9-11-15)12-13-24-19(27)7-3-6-18-25-17-5-2-1-4-16(17)20(28)26-18/h1-2,4-5,8-11,21H,3,6-7,12-13H2,(H,24,27)(H,25,26,28). The van der Waals surface area contributed by atoms with E-state index >= 15 is 0 Å². The number of alkyl halides is 2. The summed E-state index contributed by atoms with van der Waals surface area (Å²) in [6.45, 7) is -2.40. The van der Waals surface area contributed by atoms with Crippen LogP contribution in [0.15, 0.2) is 53.3 Å². The van der Waals surface area contributed by atoms with Gasteiger partial charge in [0.15, 0.2) is 0 Å². The molecule has 3 rings (SSSR count). The molecule has 1 aromatic heterocycles. The minimum absolute atomic E-state index is 0.0919. The molecular weight excluding hydrogens is 380 g/mol. The number of rotatable bonds is 9. The summed E-state index contributed by atoms with van der Waals surface area (Å²) < 4.78 is 28.5. The maximum Gasteiger partial charge on any atom is 0.387 e. The zero-order chi connectivity index (χ0) is 20.6. The number of aryl methyl sites for hydroxylation is 1. The Morgan fingerprint density at radius 3 is 2.62 bits per heavy atom. The van der Waals surface area contributed by atoms with E-state index in [1.807, 2.05) is 6.07 Å². The van der Waals surface area contributed by atoms with Gasteiger partial charge in [0.05, 0.1) is 10.9 Å². The van der Waals surface area contributed by atoms with Crippen LogP contribution in [0.2, 0.25) is 0 Å². The van der Waals surface area contributed by atoms with E-state index in [1.165, 1.54) is 12.1 Å². The highest BCUT2D eigenvalue weighted by Crippen LogP contribution is 2.15. The molecule has 0 radical (unpaired) electrons. The number of hydrogen-bond acceptors (Lipinski definition) is 4. The molecule has 0 bridgehead atoms. The molecule has 29 heavy (non-hydrogen) atoms. The molecule has 0 saturated carbocycles. The average Bonchev–Trinajstić information content (AvgIpc) is 2.69.